The van der Waals surface area contributed by atoms with Crippen LogP contribution in [0.1, 0.15) is 37.3 Å². The van der Waals surface area contributed by atoms with Crippen LogP contribution in [0.2, 0.25) is 0 Å². The van der Waals surface area contributed by atoms with Gasteiger partial charge in [-0.25, -0.2) is 4.68 Å². The number of rotatable bonds is 1. The number of hydrogen-bond acceptors (Lipinski definition) is 3. The molecule has 1 aromatic rings. The predicted molar refractivity (Wildman–Crippen MR) is 43.6 cm³/mol. The van der Waals surface area contributed by atoms with E-state index in [1.807, 2.05) is 4.68 Å². The van der Waals surface area contributed by atoms with Crippen LogP contribution in [0.5, 0.6) is 0 Å². The number of nitrogens with zero attached hydrogens (tertiary/aromatic N) is 3. The Balaban J connectivity index is 2.38. The van der Waals surface area contributed by atoms with E-state index in [4.69, 9.17) is 0 Å². The number of aliphatic hydroxyl groups excluding tert-OH is 1. The minimum atomic E-state index is -0.480. The summed E-state index contributed by atoms with van der Waals surface area (Å²) in [5.41, 5.74) is 1.88. The SMILES string of the molecule is CC(O)c1nnn2c1CCCC2. The molecule has 12 heavy (non-hydrogen) atoms. The summed E-state index contributed by atoms with van der Waals surface area (Å²) >= 11 is 0. The lowest BCUT2D eigenvalue weighted by Gasteiger charge is -2.13. The lowest BCUT2D eigenvalue weighted by atomic mass is 10.1. The summed E-state index contributed by atoms with van der Waals surface area (Å²) in [6.07, 6.45) is 2.89. The molecule has 0 radical (unpaired) electrons. The highest BCUT2D eigenvalue weighted by atomic mass is 16.3. The third-order valence-corrected chi connectivity index (χ3v) is 2.30. The lowest BCUT2D eigenvalue weighted by molar-refractivity contribution is 0.192. The molecule has 2 heterocycles. The average Bonchev–Trinajstić information content (AvgIpc) is 2.47. The third kappa shape index (κ3) is 1.12. The second-order valence-electron chi connectivity index (χ2n) is 3.28. The number of hydrogen-bond donors (Lipinski definition) is 1. The average molecular weight is 167 g/mol. The van der Waals surface area contributed by atoms with E-state index in [-0.39, 0.29) is 0 Å². The molecular weight excluding hydrogens is 154 g/mol. The number of fused-ring (bicyclic) bond motifs is 1. The molecule has 1 N–H and O–H groups in total. The lowest BCUT2D eigenvalue weighted by Crippen LogP contribution is -2.12. The normalized spacial score (nSPS) is 18.8. The predicted octanol–water partition coefficient (Wildman–Crippen LogP) is 0.668. The zero-order chi connectivity index (χ0) is 8.55. The van der Waals surface area contributed by atoms with Crippen LogP contribution in [0.4, 0.5) is 0 Å². The fourth-order valence-corrected chi connectivity index (χ4v) is 1.66. The molecule has 0 saturated heterocycles. The maximum absolute atomic E-state index is 9.35. The first-order valence-corrected chi connectivity index (χ1v) is 4.39. The Morgan fingerprint density at radius 1 is 1.50 bits per heavy atom. The Labute approximate surface area is 71.2 Å². The molecule has 1 atom stereocenters. The molecule has 0 amide bonds. The van der Waals surface area contributed by atoms with Crippen molar-refractivity contribution in [2.24, 2.45) is 0 Å². The van der Waals surface area contributed by atoms with E-state index in [9.17, 15) is 5.11 Å². The van der Waals surface area contributed by atoms with E-state index >= 15 is 0 Å². The summed E-state index contributed by atoms with van der Waals surface area (Å²) in [6.45, 7) is 2.69. The zero-order valence-corrected chi connectivity index (χ0v) is 7.19. The largest absolute Gasteiger partial charge is 0.387 e. The van der Waals surface area contributed by atoms with Gasteiger partial charge in [-0.3, -0.25) is 0 Å². The molecule has 4 nitrogen and oxygen atoms in total. The molecule has 0 bridgehead atoms. The maximum atomic E-state index is 9.35. The fourth-order valence-electron chi connectivity index (χ4n) is 1.66. The van der Waals surface area contributed by atoms with Gasteiger partial charge in [0.05, 0.1) is 11.8 Å². The molecule has 1 aromatic heterocycles. The van der Waals surface area contributed by atoms with Crippen LogP contribution in [0.15, 0.2) is 0 Å². The standard InChI is InChI=1S/C8H13N3O/c1-6(12)8-7-4-2-3-5-11(7)10-9-8/h6,12H,2-5H2,1H3. The Kier molecular flexibility index (Phi) is 1.84. The molecule has 0 fully saturated rings. The Hall–Kier alpha value is -0.900. The monoisotopic (exact) mass is 167 g/mol. The summed E-state index contributed by atoms with van der Waals surface area (Å²) in [6, 6.07) is 0. The van der Waals surface area contributed by atoms with Gasteiger partial charge in [0, 0.05) is 6.54 Å². The minimum absolute atomic E-state index is 0.480. The number of aliphatic hydroxyl groups is 1. The molecule has 1 unspecified atom stereocenters. The summed E-state index contributed by atoms with van der Waals surface area (Å²) in [5.74, 6) is 0. The molecule has 2 rings (SSSR count). The third-order valence-electron chi connectivity index (χ3n) is 2.30. The van der Waals surface area contributed by atoms with Crippen LogP contribution >= 0.6 is 0 Å². The van der Waals surface area contributed by atoms with Crippen molar-refractivity contribution in [2.75, 3.05) is 0 Å². The van der Waals surface area contributed by atoms with Gasteiger partial charge >= 0.3 is 0 Å². The van der Waals surface area contributed by atoms with Crippen LogP contribution in [-0.2, 0) is 13.0 Å². The summed E-state index contributed by atoms with van der Waals surface area (Å²) < 4.78 is 1.91. The van der Waals surface area contributed by atoms with Crippen LogP contribution in [0.3, 0.4) is 0 Å². The molecule has 0 aromatic carbocycles. The van der Waals surface area contributed by atoms with E-state index in [0.717, 1.165) is 24.4 Å². The van der Waals surface area contributed by atoms with Crippen LogP contribution in [0.25, 0.3) is 0 Å². The molecule has 0 saturated carbocycles. The van der Waals surface area contributed by atoms with Crippen LogP contribution in [-0.4, -0.2) is 20.1 Å². The van der Waals surface area contributed by atoms with Crippen molar-refractivity contribution in [3.8, 4) is 0 Å². The fraction of sp³-hybridized carbons (Fsp3) is 0.750. The zero-order valence-electron chi connectivity index (χ0n) is 7.19. The first kappa shape index (κ1) is 7.73. The minimum Gasteiger partial charge on any atom is -0.387 e. The van der Waals surface area contributed by atoms with Crippen LogP contribution in [0, 0.1) is 0 Å². The highest BCUT2D eigenvalue weighted by Crippen LogP contribution is 2.20. The first-order chi connectivity index (χ1) is 5.79. The van der Waals surface area contributed by atoms with E-state index in [0.29, 0.717) is 0 Å². The molecule has 4 heteroatoms. The maximum Gasteiger partial charge on any atom is 0.114 e. The summed E-state index contributed by atoms with van der Waals surface area (Å²) in [4.78, 5) is 0. The smallest absolute Gasteiger partial charge is 0.114 e. The van der Waals surface area contributed by atoms with E-state index in [2.05, 4.69) is 10.3 Å². The number of aryl methyl sites for hydroxylation is 1. The molecular formula is C8H13N3O. The Morgan fingerprint density at radius 2 is 2.33 bits per heavy atom. The second kappa shape index (κ2) is 2.86. The first-order valence-electron chi connectivity index (χ1n) is 4.39. The van der Waals surface area contributed by atoms with Gasteiger partial charge in [-0.15, -0.1) is 5.10 Å². The van der Waals surface area contributed by atoms with Crippen molar-refractivity contribution >= 4 is 0 Å². The van der Waals surface area contributed by atoms with Gasteiger partial charge in [-0.05, 0) is 26.2 Å². The van der Waals surface area contributed by atoms with Crippen molar-refractivity contribution < 1.29 is 5.11 Å². The van der Waals surface area contributed by atoms with Gasteiger partial charge in [0.15, 0.2) is 0 Å². The quantitative estimate of drug-likeness (QED) is 0.668. The van der Waals surface area contributed by atoms with Gasteiger partial charge in [0.25, 0.3) is 0 Å². The van der Waals surface area contributed by atoms with Gasteiger partial charge in [-0.2, -0.15) is 0 Å². The van der Waals surface area contributed by atoms with E-state index < -0.39 is 6.10 Å². The van der Waals surface area contributed by atoms with Gasteiger partial charge in [0.2, 0.25) is 0 Å². The van der Waals surface area contributed by atoms with Crippen LogP contribution < -0.4 is 0 Å². The highest BCUT2D eigenvalue weighted by molar-refractivity contribution is 5.13. The van der Waals surface area contributed by atoms with Gasteiger partial charge in [-0.1, -0.05) is 5.21 Å². The molecule has 66 valence electrons. The van der Waals surface area contributed by atoms with Crippen molar-refractivity contribution in [3.63, 3.8) is 0 Å². The van der Waals surface area contributed by atoms with E-state index in [1.165, 1.54) is 12.8 Å². The molecule has 1 aliphatic rings. The Morgan fingerprint density at radius 3 is 3.08 bits per heavy atom. The van der Waals surface area contributed by atoms with Crippen molar-refractivity contribution in [1.29, 1.82) is 0 Å². The second-order valence-corrected chi connectivity index (χ2v) is 3.28. The topological polar surface area (TPSA) is 50.9 Å². The molecule has 0 spiro atoms. The van der Waals surface area contributed by atoms with Crippen molar-refractivity contribution in [3.05, 3.63) is 11.4 Å². The molecule has 1 aliphatic heterocycles. The number of aromatic nitrogens is 3. The summed E-state index contributed by atoms with van der Waals surface area (Å²) in [7, 11) is 0. The summed E-state index contributed by atoms with van der Waals surface area (Å²) in [5, 5.41) is 17.3. The van der Waals surface area contributed by atoms with E-state index in [1.54, 1.807) is 6.92 Å². The Bertz CT molecular complexity index is 280. The van der Waals surface area contributed by atoms with Gasteiger partial charge < -0.3 is 5.11 Å². The highest BCUT2D eigenvalue weighted by Gasteiger charge is 2.18. The molecule has 0 aliphatic carbocycles. The van der Waals surface area contributed by atoms with Gasteiger partial charge in [0.1, 0.15) is 5.69 Å². The van der Waals surface area contributed by atoms with Crippen molar-refractivity contribution in [2.45, 2.75) is 38.8 Å². The van der Waals surface area contributed by atoms with Crippen molar-refractivity contribution in [1.82, 2.24) is 15.0 Å².